The van der Waals surface area contributed by atoms with E-state index in [1.54, 1.807) is 19.1 Å². The molecule has 21 heavy (non-hydrogen) atoms. The molecular formula is C17H16O4. The Morgan fingerprint density at radius 2 is 1.86 bits per heavy atom. The first-order chi connectivity index (χ1) is 10.1. The second kappa shape index (κ2) is 5.50. The van der Waals surface area contributed by atoms with E-state index in [9.17, 15) is 10.2 Å². The van der Waals surface area contributed by atoms with Crippen molar-refractivity contribution in [1.82, 2.24) is 0 Å². The van der Waals surface area contributed by atoms with Crippen molar-refractivity contribution in [2.45, 2.75) is 19.6 Å². The number of phenolic OH excluding ortho intramolecular Hbond substituents is 1. The summed E-state index contributed by atoms with van der Waals surface area (Å²) < 4.78 is 11.3. The maximum atomic E-state index is 9.52. The van der Waals surface area contributed by atoms with Crippen LogP contribution in [0, 0.1) is 0 Å². The van der Waals surface area contributed by atoms with Gasteiger partial charge >= 0.3 is 0 Å². The highest BCUT2D eigenvalue weighted by atomic mass is 16.5. The molecule has 2 N–H and O–H groups in total. The van der Waals surface area contributed by atoms with Gasteiger partial charge in [0.15, 0.2) is 0 Å². The summed E-state index contributed by atoms with van der Waals surface area (Å²) in [6.45, 7) is 2.09. The molecule has 0 aliphatic carbocycles. The predicted octanol–water partition coefficient (Wildman–Crippen LogP) is 3.77. The number of hydrogen-bond donors (Lipinski definition) is 2. The van der Waals surface area contributed by atoms with Crippen LogP contribution in [0.2, 0.25) is 0 Å². The van der Waals surface area contributed by atoms with Crippen LogP contribution in [0.1, 0.15) is 24.4 Å². The molecule has 0 saturated carbocycles. The topological polar surface area (TPSA) is 62.8 Å². The number of hydrogen-bond acceptors (Lipinski definition) is 4. The van der Waals surface area contributed by atoms with Crippen molar-refractivity contribution in [2.24, 2.45) is 0 Å². The minimum Gasteiger partial charge on any atom is -0.508 e. The Kier molecular flexibility index (Phi) is 3.54. The van der Waals surface area contributed by atoms with Crippen LogP contribution < -0.4 is 4.74 Å². The molecule has 1 heterocycles. The first-order valence-electron chi connectivity index (χ1n) is 6.74. The summed E-state index contributed by atoms with van der Waals surface area (Å²) in [6, 6.07) is 14.2. The van der Waals surface area contributed by atoms with Gasteiger partial charge in [0.05, 0.1) is 0 Å². The SMILES string of the molecule is CC(O)c1cc2cc(OCc3ccc(O)cc3)ccc2o1. The van der Waals surface area contributed by atoms with Crippen molar-refractivity contribution in [3.63, 3.8) is 0 Å². The quantitative estimate of drug-likeness (QED) is 0.765. The molecule has 1 atom stereocenters. The summed E-state index contributed by atoms with van der Waals surface area (Å²) in [7, 11) is 0. The first kappa shape index (κ1) is 13.5. The van der Waals surface area contributed by atoms with Crippen molar-refractivity contribution in [1.29, 1.82) is 0 Å². The van der Waals surface area contributed by atoms with Gasteiger partial charge in [-0.3, -0.25) is 0 Å². The molecule has 0 aliphatic heterocycles. The number of aliphatic hydroxyl groups is 1. The lowest BCUT2D eigenvalue weighted by Crippen LogP contribution is -1.94. The second-order valence-electron chi connectivity index (χ2n) is 4.98. The normalized spacial score (nSPS) is 12.5. The van der Waals surface area contributed by atoms with E-state index in [0.717, 1.165) is 22.3 Å². The number of phenols is 1. The van der Waals surface area contributed by atoms with Gasteiger partial charge < -0.3 is 19.4 Å². The Bertz CT molecular complexity index is 741. The van der Waals surface area contributed by atoms with Crippen LogP contribution in [0.3, 0.4) is 0 Å². The number of benzene rings is 2. The zero-order valence-corrected chi connectivity index (χ0v) is 11.6. The number of aromatic hydroxyl groups is 1. The number of ether oxygens (including phenoxy) is 1. The predicted molar refractivity (Wildman–Crippen MR) is 79.3 cm³/mol. The fraction of sp³-hybridized carbons (Fsp3) is 0.176. The van der Waals surface area contributed by atoms with E-state index < -0.39 is 6.10 Å². The zero-order chi connectivity index (χ0) is 14.8. The number of aliphatic hydroxyl groups excluding tert-OH is 1. The van der Waals surface area contributed by atoms with Crippen molar-refractivity contribution in [3.8, 4) is 11.5 Å². The van der Waals surface area contributed by atoms with E-state index in [4.69, 9.17) is 9.15 Å². The molecule has 0 aliphatic rings. The maximum absolute atomic E-state index is 9.52. The summed E-state index contributed by atoms with van der Waals surface area (Å²) >= 11 is 0. The van der Waals surface area contributed by atoms with Gasteiger partial charge in [0, 0.05) is 5.39 Å². The minimum atomic E-state index is -0.626. The molecule has 4 heteroatoms. The molecule has 0 saturated heterocycles. The largest absolute Gasteiger partial charge is 0.508 e. The van der Waals surface area contributed by atoms with Gasteiger partial charge in [0.25, 0.3) is 0 Å². The molecule has 1 aromatic heterocycles. The molecule has 0 bridgehead atoms. The molecule has 1 unspecified atom stereocenters. The molecular weight excluding hydrogens is 268 g/mol. The monoisotopic (exact) mass is 284 g/mol. The smallest absolute Gasteiger partial charge is 0.134 e. The van der Waals surface area contributed by atoms with Crippen LogP contribution in [0.4, 0.5) is 0 Å². The Morgan fingerprint density at radius 1 is 1.10 bits per heavy atom. The third kappa shape index (κ3) is 3.01. The standard InChI is InChI=1S/C17H16O4/c1-11(18)17-9-13-8-15(6-7-16(13)21-17)20-10-12-2-4-14(19)5-3-12/h2-9,11,18-19H,10H2,1H3. The number of rotatable bonds is 4. The third-order valence-corrected chi connectivity index (χ3v) is 3.26. The third-order valence-electron chi connectivity index (χ3n) is 3.26. The van der Waals surface area contributed by atoms with Gasteiger partial charge in [-0.25, -0.2) is 0 Å². The van der Waals surface area contributed by atoms with E-state index in [1.165, 1.54) is 0 Å². The average Bonchev–Trinajstić information content (AvgIpc) is 2.90. The summed E-state index contributed by atoms with van der Waals surface area (Å²) in [5, 5.41) is 19.7. The maximum Gasteiger partial charge on any atom is 0.134 e. The van der Waals surface area contributed by atoms with E-state index >= 15 is 0 Å². The van der Waals surface area contributed by atoms with E-state index in [0.29, 0.717) is 12.4 Å². The van der Waals surface area contributed by atoms with Crippen LogP contribution in [0.15, 0.2) is 52.9 Å². The zero-order valence-electron chi connectivity index (χ0n) is 11.6. The summed E-state index contributed by atoms with van der Waals surface area (Å²) in [6.07, 6.45) is -0.626. The van der Waals surface area contributed by atoms with Gasteiger partial charge in [0.1, 0.15) is 35.6 Å². The van der Waals surface area contributed by atoms with E-state index in [-0.39, 0.29) is 5.75 Å². The van der Waals surface area contributed by atoms with Crippen molar-refractivity contribution < 1.29 is 19.4 Å². The fourth-order valence-electron chi connectivity index (χ4n) is 2.10. The molecule has 0 spiro atoms. The Labute approximate surface area is 122 Å². The number of fused-ring (bicyclic) bond motifs is 1. The van der Waals surface area contributed by atoms with Gasteiger partial charge in [-0.1, -0.05) is 12.1 Å². The second-order valence-corrected chi connectivity index (χ2v) is 4.98. The van der Waals surface area contributed by atoms with Crippen LogP contribution in [0.5, 0.6) is 11.5 Å². The van der Waals surface area contributed by atoms with Gasteiger partial charge in [-0.15, -0.1) is 0 Å². The van der Waals surface area contributed by atoms with Crippen LogP contribution >= 0.6 is 0 Å². The minimum absolute atomic E-state index is 0.240. The average molecular weight is 284 g/mol. The van der Waals surface area contributed by atoms with Crippen LogP contribution in [-0.2, 0) is 6.61 Å². The Balaban J connectivity index is 1.76. The lowest BCUT2D eigenvalue weighted by Gasteiger charge is -2.06. The Morgan fingerprint density at radius 3 is 2.57 bits per heavy atom. The van der Waals surface area contributed by atoms with Crippen LogP contribution in [0.25, 0.3) is 11.0 Å². The molecule has 4 nitrogen and oxygen atoms in total. The summed E-state index contributed by atoms with van der Waals surface area (Å²) in [4.78, 5) is 0. The molecule has 108 valence electrons. The highest BCUT2D eigenvalue weighted by Crippen LogP contribution is 2.27. The Hall–Kier alpha value is -2.46. The van der Waals surface area contributed by atoms with Gasteiger partial charge in [0.2, 0.25) is 0 Å². The van der Waals surface area contributed by atoms with Crippen molar-refractivity contribution in [3.05, 3.63) is 59.9 Å². The highest BCUT2D eigenvalue weighted by molar-refractivity contribution is 5.79. The molecule has 3 aromatic rings. The van der Waals surface area contributed by atoms with Crippen molar-refractivity contribution >= 4 is 11.0 Å². The summed E-state index contributed by atoms with van der Waals surface area (Å²) in [5.41, 5.74) is 1.70. The lowest BCUT2D eigenvalue weighted by atomic mass is 10.2. The van der Waals surface area contributed by atoms with Crippen LogP contribution in [-0.4, -0.2) is 10.2 Å². The van der Waals surface area contributed by atoms with E-state index in [2.05, 4.69) is 0 Å². The van der Waals surface area contributed by atoms with Gasteiger partial charge in [-0.05, 0) is 48.9 Å². The fourth-order valence-corrected chi connectivity index (χ4v) is 2.10. The summed E-state index contributed by atoms with van der Waals surface area (Å²) in [5.74, 6) is 1.51. The molecule has 2 aromatic carbocycles. The molecule has 0 radical (unpaired) electrons. The van der Waals surface area contributed by atoms with E-state index in [1.807, 2.05) is 36.4 Å². The molecule has 3 rings (SSSR count). The number of furan rings is 1. The first-order valence-corrected chi connectivity index (χ1v) is 6.74. The highest BCUT2D eigenvalue weighted by Gasteiger charge is 2.09. The molecule has 0 amide bonds. The van der Waals surface area contributed by atoms with Gasteiger partial charge in [-0.2, -0.15) is 0 Å². The molecule has 0 fully saturated rings. The lowest BCUT2D eigenvalue weighted by molar-refractivity contribution is 0.172. The van der Waals surface area contributed by atoms with Crippen molar-refractivity contribution in [2.75, 3.05) is 0 Å².